The highest BCUT2D eigenvalue weighted by Crippen LogP contribution is 2.33. The summed E-state index contributed by atoms with van der Waals surface area (Å²) in [5.41, 5.74) is 2.37. The summed E-state index contributed by atoms with van der Waals surface area (Å²) < 4.78 is 17.2. The molecule has 3 heterocycles. The molecular formula is C26H29N3O4S. The normalized spacial score (nSPS) is 18.0. The van der Waals surface area contributed by atoms with Crippen LogP contribution in [0.15, 0.2) is 53.3 Å². The Bertz CT molecular complexity index is 1220. The lowest BCUT2D eigenvalue weighted by atomic mass is 10.1. The Morgan fingerprint density at radius 3 is 2.65 bits per heavy atom. The van der Waals surface area contributed by atoms with E-state index in [1.807, 2.05) is 41.3 Å². The van der Waals surface area contributed by atoms with Crippen LogP contribution in [0.1, 0.15) is 36.9 Å². The summed E-state index contributed by atoms with van der Waals surface area (Å²) in [4.78, 5) is 18.0. The number of H-pyrrole nitrogens is 1. The largest absolute Gasteiger partial charge is 0.486 e. The maximum absolute atomic E-state index is 13.0. The predicted molar refractivity (Wildman–Crippen MR) is 136 cm³/mol. The average Bonchev–Trinajstić information content (AvgIpc) is 3.36. The van der Waals surface area contributed by atoms with E-state index in [4.69, 9.17) is 26.4 Å². The van der Waals surface area contributed by atoms with Gasteiger partial charge in [0.25, 0.3) is 5.56 Å². The van der Waals surface area contributed by atoms with Gasteiger partial charge in [0, 0.05) is 30.2 Å². The molecule has 2 aliphatic rings. The first-order valence-electron chi connectivity index (χ1n) is 11.7. The van der Waals surface area contributed by atoms with Crippen molar-refractivity contribution in [2.24, 2.45) is 0 Å². The maximum atomic E-state index is 13.0. The molecule has 0 saturated carbocycles. The minimum absolute atomic E-state index is 0.0410. The highest BCUT2D eigenvalue weighted by molar-refractivity contribution is 7.80. The zero-order valence-corrected chi connectivity index (χ0v) is 20.0. The number of thiocarbonyl (C=S) groups is 1. The molecule has 5 rings (SSSR count). The van der Waals surface area contributed by atoms with Crippen molar-refractivity contribution in [3.63, 3.8) is 0 Å². The molecule has 2 atom stereocenters. The van der Waals surface area contributed by atoms with Gasteiger partial charge in [-0.3, -0.25) is 4.79 Å². The van der Waals surface area contributed by atoms with Gasteiger partial charge in [0.2, 0.25) is 0 Å². The van der Waals surface area contributed by atoms with Crippen LogP contribution in [0.5, 0.6) is 11.5 Å². The number of hydrogen-bond donors (Lipinski definition) is 2. The van der Waals surface area contributed by atoms with E-state index in [0.29, 0.717) is 48.5 Å². The van der Waals surface area contributed by atoms with Crippen molar-refractivity contribution in [1.82, 2.24) is 15.2 Å². The van der Waals surface area contributed by atoms with E-state index in [9.17, 15) is 4.79 Å². The van der Waals surface area contributed by atoms with Crippen molar-refractivity contribution in [3.8, 4) is 11.5 Å². The van der Waals surface area contributed by atoms with Crippen LogP contribution in [0.2, 0.25) is 0 Å². The molecule has 178 valence electrons. The number of nitrogens with one attached hydrogen (secondary N) is 2. The van der Waals surface area contributed by atoms with Crippen molar-refractivity contribution in [2.75, 3.05) is 26.4 Å². The highest BCUT2D eigenvalue weighted by Gasteiger charge is 2.23. The van der Waals surface area contributed by atoms with E-state index in [1.165, 1.54) is 0 Å². The van der Waals surface area contributed by atoms with E-state index in [2.05, 4.69) is 29.4 Å². The lowest BCUT2D eigenvalue weighted by Gasteiger charge is -2.30. The molecular weight excluding hydrogens is 450 g/mol. The zero-order valence-electron chi connectivity index (χ0n) is 19.2. The number of aromatic nitrogens is 1. The Labute approximate surface area is 204 Å². The summed E-state index contributed by atoms with van der Waals surface area (Å²) in [7, 11) is 0. The van der Waals surface area contributed by atoms with E-state index in [-0.39, 0.29) is 17.7 Å². The molecule has 3 aromatic rings. The quantitative estimate of drug-likeness (QED) is 0.519. The van der Waals surface area contributed by atoms with Gasteiger partial charge >= 0.3 is 0 Å². The molecule has 0 radical (unpaired) electrons. The molecule has 0 amide bonds. The standard InChI is InChI=1S/C26H29N3O4S/c1-17(18-6-3-2-4-7-18)27-26(34)29(16-21-8-5-9-31-21)15-20-12-19-13-23-24(33-11-10-32-23)14-22(19)28-25(20)30/h2-4,6-7,12-14,17,21H,5,8-11,15-16H2,1H3,(H,27,34)(H,28,30)/t17-,21-/m0/s1. The molecule has 0 spiro atoms. The molecule has 34 heavy (non-hydrogen) atoms. The van der Waals surface area contributed by atoms with Crippen molar-refractivity contribution in [2.45, 2.75) is 38.5 Å². The summed E-state index contributed by atoms with van der Waals surface area (Å²) in [5.74, 6) is 1.35. The lowest BCUT2D eigenvalue weighted by Crippen LogP contribution is -2.44. The molecule has 2 aliphatic heterocycles. The average molecular weight is 480 g/mol. The second-order valence-electron chi connectivity index (χ2n) is 8.80. The number of aromatic amines is 1. The van der Waals surface area contributed by atoms with Crippen LogP contribution in [0.3, 0.4) is 0 Å². The van der Waals surface area contributed by atoms with Crippen LogP contribution in [0.4, 0.5) is 0 Å². The van der Waals surface area contributed by atoms with Crippen LogP contribution in [-0.4, -0.2) is 47.5 Å². The third kappa shape index (κ3) is 5.03. The van der Waals surface area contributed by atoms with E-state index < -0.39 is 0 Å². The molecule has 2 aromatic carbocycles. The molecule has 8 heteroatoms. The Morgan fingerprint density at radius 1 is 1.15 bits per heavy atom. The van der Waals surface area contributed by atoms with Gasteiger partial charge in [0.05, 0.1) is 24.2 Å². The summed E-state index contributed by atoms with van der Waals surface area (Å²) in [6.45, 7) is 4.88. The Morgan fingerprint density at radius 2 is 1.91 bits per heavy atom. The van der Waals surface area contributed by atoms with Gasteiger partial charge in [0.1, 0.15) is 13.2 Å². The summed E-state index contributed by atoms with van der Waals surface area (Å²) in [6.07, 6.45) is 2.14. The summed E-state index contributed by atoms with van der Waals surface area (Å²) in [5, 5.41) is 4.94. The third-order valence-corrected chi connectivity index (χ3v) is 6.70. The lowest BCUT2D eigenvalue weighted by molar-refractivity contribution is 0.0895. The number of benzene rings is 2. The Hall–Kier alpha value is -3.10. The molecule has 0 unspecified atom stereocenters. The number of hydrogen-bond acceptors (Lipinski definition) is 5. The fourth-order valence-electron chi connectivity index (χ4n) is 4.47. The first-order chi connectivity index (χ1) is 16.6. The highest BCUT2D eigenvalue weighted by atomic mass is 32.1. The van der Waals surface area contributed by atoms with Gasteiger partial charge in [0.15, 0.2) is 16.6 Å². The zero-order chi connectivity index (χ0) is 23.5. The monoisotopic (exact) mass is 479 g/mol. The molecule has 7 nitrogen and oxygen atoms in total. The van der Waals surface area contributed by atoms with Crippen molar-refractivity contribution < 1.29 is 14.2 Å². The molecule has 1 aromatic heterocycles. The van der Waals surface area contributed by atoms with Gasteiger partial charge in [-0.05, 0) is 49.7 Å². The summed E-state index contributed by atoms with van der Waals surface area (Å²) in [6, 6.07) is 15.9. The van der Waals surface area contributed by atoms with E-state index in [1.54, 1.807) is 0 Å². The van der Waals surface area contributed by atoms with E-state index in [0.717, 1.165) is 35.9 Å². The molecule has 2 N–H and O–H groups in total. The molecule has 1 saturated heterocycles. The minimum Gasteiger partial charge on any atom is -0.486 e. The van der Waals surface area contributed by atoms with Gasteiger partial charge < -0.3 is 29.4 Å². The second kappa shape index (κ2) is 10.0. The van der Waals surface area contributed by atoms with Crippen LogP contribution in [0, 0.1) is 0 Å². The number of fused-ring (bicyclic) bond motifs is 2. The third-order valence-electron chi connectivity index (χ3n) is 6.32. The van der Waals surface area contributed by atoms with E-state index >= 15 is 0 Å². The number of rotatable bonds is 6. The second-order valence-corrected chi connectivity index (χ2v) is 9.19. The van der Waals surface area contributed by atoms with Crippen molar-refractivity contribution in [1.29, 1.82) is 0 Å². The SMILES string of the molecule is C[C@H](NC(=S)N(Cc1cc2cc3c(cc2[nH]c1=O)OCCO3)C[C@@H]1CCCO1)c1ccccc1. The smallest absolute Gasteiger partial charge is 0.253 e. The first kappa shape index (κ1) is 22.7. The van der Waals surface area contributed by atoms with Crippen LogP contribution in [0.25, 0.3) is 10.9 Å². The molecule has 1 fully saturated rings. The van der Waals surface area contributed by atoms with Gasteiger partial charge in [-0.2, -0.15) is 0 Å². The van der Waals surface area contributed by atoms with Gasteiger partial charge in [-0.25, -0.2) is 0 Å². The van der Waals surface area contributed by atoms with Crippen LogP contribution in [-0.2, 0) is 11.3 Å². The maximum Gasteiger partial charge on any atom is 0.253 e. The number of ether oxygens (including phenoxy) is 3. The Kier molecular flexibility index (Phi) is 6.69. The van der Waals surface area contributed by atoms with Gasteiger partial charge in [-0.1, -0.05) is 30.3 Å². The fourth-order valence-corrected chi connectivity index (χ4v) is 4.78. The van der Waals surface area contributed by atoms with Crippen molar-refractivity contribution in [3.05, 3.63) is 70.0 Å². The van der Waals surface area contributed by atoms with Crippen LogP contribution < -0.4 is 20.3 Å². The topological polar surface area (TPSA) is 75.8 Å². The van der Waals surface area contributed by atoms with Gasteiger partial charge in [-0.15, -0.1) is 0 Å². The fraction of sp³-hybridized carbons (Fsp3) is 0.385. The van der Waals surface area contributed by atoms with Crippen molar-refractivity contribution >= 4 is 28.2 Å². The first-order valence-corrected chi connectivity index (χ1v) is 12.2. The Balaban J connectivity index is 1.40. The predicted octanol–water partition coefficient (Wildman–Crippen LogP) is 3.92. The van der Waals surface area contributed by atoms with Crippen LogP contribution >= 0.6 is 12.2 Å². The number of pyridine rings is 1. The summed E-state index contributed by atoms with van der Waals surface area (Å²) >= 11 is 5.82. The molecule has 0 aliphatic carbocycles. The molecule has 0 bridgehead atoms. The minimum atomic E-state index is -0.138. The number of nitrogens with zero attached hydrogens (tertiary/aromatic N) is 1.